The number of rotatable bonds is 3. The van der Waals surface area contributed by atoms with Gasteiger partial charge in [-0.3, -0.25) is 0 Å². The van der Waals surface area contributed by atoms with E-state index in [9.17, 15) is 0 Å². The van der Waals surface area contributed by atoms with E-state index in [1.54, 1.807) is 16.6 Å². The Hall–Kier alpha value is -1.24. The van der Waals surface area contributed by atoms with E-state index >= 15 is 0 Å². The Balaban J connectivity index is 1.75. The predicted octanol–water partition coefficient (Wildman–Crippen LogP) is 6.89. The van der Waals surface area contributed by atoms with Crippen molar-refractivity contribution in [3.8, 4) is 0 Å². The van der Waals surface area contributed by atoms with Gasteiger partial charge in [0.05, 0.1) is 0 Å². The Bertz CT molecular complexity index is 826. The first kappa shape index (κ1) is 16.9. The van der Waals surface area contributed by atoms with Gasteiger partial charge in [0.25, 0.3) is 0 Å². The van der Waals surface area contributed by atoms with E-state index in [4.69, 9.17) is 0 Å². The summed E-state index contributed by atoms with van der Waals surface area (Å²) in [4.78, 5) is 0. The van der Waals surface area contributed by atoms with E-state index in [-0.39, 0.29) is 0 Å². The summed E-state index contributed by atoms with van der Waals surface area (Å²) < 4.78 is 2.75. The summed E-state index contributed by atoms with van der Waals surface area (Å²) >= 11 is 0. The Morgan fingerprint density at radius 3 is 2.69 bits per heavy atom. The van der Waals surface area contributed by atoms with Gasteiger partial charge in [-0.25, -0.2) is 0 Å². The molecule has 0 N–H and O–H groups in total. The fourth-order valence-corrected chi connectivity index (χ4v) is 7.28. The lowest BCUT2D eigenvalue weighted by atomic mass is 9.54. The van der Waals surface area contributed by atoms with Gasteiger partial charge < -0.3 is 4.57 Å². The number of fused-ring (bicyclic) bond motifs is 4. The minimum Gasteiger partial charge on any atom is -0.342 e. The van der Waals surface area contributed by atoms with Crippen LogP contribution in [0.3, 0.4) is 0 Å². The average Bonchev–Trinajstić information content (AvgIpc) is 2.93. The molecule has 3 saturated carbocycles. The second-order valence-corrected chi connectivity index (χ2v) is 9.76. The highest BCUT2D eigenvalue weighted by Crippen LogP contribution is 2.60. The van der Waals surface area contributed by atoms with Crippen molar-refractivity contribution >= 4 is 10.9 Å². The molecular weight excluding hydrogens is 314 g/mol. The predicted molar refractivity (Wildman–Crippen MR) is 111 cm³/mol. The van der Waals surface area contributed by atoms with Gasteiger partial charge in [-0.2, -0.15) is 0 Å². The molecule has 4 aliphatic carbocycles. The number of hydrogen-bond acceptors (Lipinski definition) is 0. The van der Waals surface area contributed by atoms with Gasteiger partial charge in [0.1, 0.15) is 0 Å². The third kappa shape index (κ3) is 2.28. The Labute approximate surface area is 159 Å². The fraction of sp³-hybridized carbons (Fsp3) is 0.680. The molecule has 5 atom stereocenters. The van der Waals surface area contributed by atoms with Gasteiger partial charge in [0, 0.05) is 28.6 Å². The summed E-state index contributed by atoms with van der Waals surface area (Å²) in [6.45, 7) is 9.53. The first-order chi connectivity index (χ1) is 12.6. The van der Waals surface area contributed by atoms with Gasteiger partial charge in [-0.15, -0.1) is 0 Å². The van der Waals surface area contributed by atoms with Crippen LogP contribution in [0.25, 0.3) is 10.9 Å². The Kier molecular flexibility index (Phi) is 3.99. The van der Waals surface area contributed by atoms with Crippen LogP contribution in [0.15, 0.2) is 18.2 Å². The molecule has 1 nitrogen and oxygen atoms in total. The standard InChI is InChI=1S/C25H35N/c1-5-16-7-10-23-21(13-16)20-9-8-19-12-17-11-18(6-2)24(19)22(14-17)25(20)26(23)15(3)4/h7,10,13,15,17-19,22,24H,5-6,8-9,11-12,14H2,1-4H3/t17?,18-,19-,22+,24?/m0/s1. The van der Waals surface area contributed by atoms with E-state index in [0.29, 0.717) is 6.04 Å². The second-order valence-electron chi connectivity index (χ2n) is 9.76. The van der Waals surface area contributed by atoms with Gasteiger partial charge in [-0.05, 0) is 99.3 Å². The van der Waals surface area contributed by atoms with E-state index in [0.717, 1.165) is 36.0 Å². The van der Waals surface area contributed by atoms with Gasteiger partial charge >= 0.3 is 0 Å². The van der Waals surface area contributed by atoms with Crippen molar-refractivity contribution in [2.45, 2.75) is 84.6 Å². The molecule has 0 aliphatic heterocycles. The van der Waals surface area contributed by atoms with Crippen LogP contribution < -0.4 is 0 Å². The van der Waals surface area contributed by atoms with Crippen LogP contribution in [0, 0.1) is 23.7 Å². The van der Waals surface area contributed by atoms with Crippen molar-refractivity contribution in [2.24, 2.45) is 23.7 Å². The topological polar surface area (TPSA) is 4.93 Å². The zero-order valence-corrected chi connectivity index (χ0v) is 17.1. The van der Waals surface area contributed by atoms with Crippen molar-refractivity contribution in [1.29, 1.82) is 0 Å². The van der Waals surface area contributed by atoms with E-state index in [1.165, 1.54) is 49.6 Å². The lowest BCUT2D eigenvalue weighted by molar-refractivity contribution is 0.0106. The summed E-state index contributed by atoms with van der Waals surface area (Å²) in [5.41, 5.74) is 6.51. The minimum absolute atomic E-state index is 0.561. The first-order valence-electron chi connectivity index (χ1n) is 11.3. The summed E-state index contributed by atoms with van der Waals surface area (Å²) in [5.74, 6) is 4.76. The molecule has 0 amide bonds. The molecule has 0 radical (unpaired) electrons. The average molecular weight is 350 g/mol. The molecule has 4 aliphatic rings. The second kappa shape index (κ2) is 6.14. The van der Waals surface area contributed by atoms with Crippen LogP contribution in [-0.4, -0.2) is 4.57 Å². The summed E-state index contributed by atoms with van der Waals surface area (Å²) in [6, 6.07) is 7.88. The van der Waals surface area contributed by atoms with Gasteiger partial charge in [-0.1, -0.05) is 26.3 Å². The quantitative estimate of drug-likeness (QED) is 0.569. The van der Waals surface area contributed by atoms with Crippen molar-refractivity contribution < 1.29 is 0 Å². The first-order valence-corrected chi connectivity index (χ1v) is 11.3. The highest BCUT2D eigenvalue weighted by Gasteiger charge is 2.50. The van der Waals surface area contributed by atoms with Crippen molar-refractivity contribution in [2.75, 3.05) is 0 Å². The lowest BCUT2D eigenvalue weighted by Gasteiger charge is -2.52. The zero-order valence-electron chi connectivity index (χ0n) is 17.1. The largest absolute Gasteiger partial charge is 0.342 e. The number of benzene rings is 1. The Morgan fingerprint density at radius 2 is 1.96 bits per heavy atom. The van der Waals surface area contributed by atoms with Crippen molar-refractivity contribution in [3.63, 3.8) is 0 Å². The molecule has 0 spiro atoms. The monoisotopic (exact) mass is 349 g/mol. The van der Waals surface area contributed by atoms with E-state index < -0.39 is 0 Å². The number of hydrogen-bond donors (Lipinski definition) is 0. The maximum absolute atomic E-state index is 2.75. The van der Waals surface area contributed by atoms with Crippen molar-refractivity contribution in [1.82, 2.24) is 4.57 Å². The molecule has 26 heavy (non-hydrogen) atoms. The van der Waals surface area contributed by atoms with E-state index in [1.807, 2.05) is 0 Å². The van der Waals surface area contributed by atoms with Crippen LogP contribution in [0.4, 0.5) is 0 Å². The summed E-state index contributed by atoms with van der Waals surface area (Å²) in [6.07, 6.45) is 9.81. The number of aromatic nitrogens is 1. The van der Waals surface area contributed by atoms with Crippen LogP contribution in [0.5, 0.6) is 0 Å². The highest BCUT2D eigenvalue weighted by atomic mass is 15.0. The molecule has 1 heteroatoms. The Morgan fingerprint density at radius 1 is 1.12 bits per heavy atom. The van der Waals surface area contributed by atoms with Crippen molar-refractivity contribution in [3.05, 3.63) is 35.0 Å². The molecule has 6 rings (SSSR count). The SMILES string of the molecule is CCc1ccc2c(c1)c1c(n2C(C)C)[C@@H]2CC3C[C@H](CC)C2[C@@H](CC1)C3. The third-order valence-corrected chi connectivity index (χ3v) is 8.19. The highest BCUT2D eigenvalue weighted by molar-refractivity contribution is 5.87. The number of aryl methyl sites for hydroxylation is 2. The van der Waals surface area contributed by atoms with Crippen LogP contribution in [0.2, 0.25) is 0 Å². The molecule has 0 saturated heterocycles. The third-order valence-electron chi connectivity index (χ3n) is 8.19. The molecule has 140 valence electrons. The number of nitrogens with zero attached hydrogens (tertiary/aromatic N) is 1. The zero-order chi connectivity index (χ0) is 18.0. The molecular formula is C25H35N. The van der Waals surface area contributed by atoms with Gasteiger partial charge in [0.15, 0.2) is 0 Å². The normalized spacial score (nSPS) is 32.9. The molecule has 4 bridgehead atoms. The van der Waals surface area contributed by atoms with Crippen LogP contribution >= 0.6 is 0 Å². The molecule has 1 heterocycles. The molecule has 2 aromatic rings. The molecule has 2 unspecified atom stereocenters. The minimum atomic E-state index is 0.561. The maximum Gasteiger partial charge on any atom is 0.0488 e. The summed E-state index contributed by atoms with van der Waals surface area (Å²) in [7, 11) is 0. The van der Waals surface area contributed by atoms with Crippen LogP contribution in [-0.2, 0) is 12.8 Å². The molecule has 3 fully saturated rings. The van der Waals surface area contributed by atoms with Crippen LogP contribution in [0.1, 0.15) is 88.6 Å². The smallest absolute Gasteiger partial charge is 0.0488 e. The maximum atomic E-state index is 2.75. The fourth-order valence-electron chi connectivity index (χ4n) is 7.28. The molecule has 1 aromatic carbocycles. The summed E-state index contributed by atoms with van der Waals surface area (Å²) in [5, 5.41) is 1.59. The molecule has 1 aromatic heterocycles. The van der Waals surface area contributed by atoms with Gasteiger partial charge in [0.2, 0.25) is 0 Å². The lowest BCUT2D eigenvalue weighted by Crippen LogP contribution is -2.42. The van der Waals surface area contributed by atoms with E-state index in [2.05, 4.69) is 50.5 Å².